The van der Waals surface area contributed by atoms with Crippen molar-refractivity contribution >= 4 is 11.3 Å². The minimum atomic E-state index is 0.561. The van der Waals surface area contributed by atoms with E-state index in [2.05, 4.69) is 22.6 Å². The van der Waals surface area contributed by atoms with E-state index in [4.69, 9.17) is 14.2 Å². The Morgan fingerprint density at radius 2 is 2.05 bits per heavy atom. The minimum Gasteiger partial charge on any atom is -0.385 e. The quantitative estimate of drug-likeness (QED) is 0.566. The number of aromatic nitrogens is 1. The third-order valence-corrected chi connectivity index (χ3v) is 3.46. The zero-order valence-electron chi connectivity index (χ0n) is 12.5. The van der Waals surface area contributed by atoms with Crippen LogP contribution in [-0.4, -0.2) is 45.1 Å². The van der Waals surface area contributed by atoms with Gasteiger partial charge < -0.3 is 19.5 Å². The van der Waals surface area contributed by atoms with Crippen molar-refractivity contribution in [2.45, 2.75) is 32.9 Å². The lowest BCUT2D eigenvalue weighted by molar-refractivity contribution is 0.0328. The van der Waals surface area contributed by atoms with Gasteiger partial charge in [-0.25, -0.2) is 4.98 Å². The third-order valence-electron chi connectivity index (χ3n) is 2.56. The molecule has 1 aromatic rings. The SMILES string of the molecule is CCCNCc1nc(COCCOCCCOC)cs1. The third kappa shape index (κ3) is 8.60. The monoisotopic (exact) mass is 302 g/mol. The molecule has 0 amide bonds. The topological polar surface area (TPSA) is 52.6 Å². The molecule has 0 aromatic carbocycles. The van der Waals surface area contributed by atoms with Gasteiger partial charge in [-0.2, -0.15) is 0 Å². The van der Waals surface area contributed by atoms with Gasteiger partial charge in [-0.3, -0.25) is 0 Å². The van der Waals surface area contributed by atoms with Gasteiger partial charge in [-0.05, 0) is 19.4 Å². The highest BCUT2D eigenvalue weighted by Crippen LogP contribution is 2.10. The maximum atomic E-state index is 5.53. The van der Waals surface area contributed by atoms with E-state index in [9.17, 15) is 0 Å². The highest BCUT2D eigenvalue weighted by Gasteiger charge is 2.01. The lowest BCUT2D eigenvalue weighted by atomic mass is 10.5. The summed E-state index contributed by atoms with van der Waals surface area (Å²) < 4.78 is 15.9. The molecular weight excluding hydrogens is 276 g/mol. The van der Waals surface area contributed by atoms with Crippen LogP contribution in [0.5, 0.6) is 0 Å². The second kappa shape index (κ2) is 12.2. The standard InChI is InChI=1S/C14H26N2O3S/c1-3-5-15-10-14-16-13(12-20-14)11-19-9-8-18-7-4-6-17-2/h12,15H,3-11H2,1-2H3. The van der Waals surface area contributed by atoms with Gasteiger partial charge in [0.25, 0.3) is 0 Å². The van der Waals surface area contributed by atoms with E-state index >= 15 is 0 Å². The average molecular weight is 302 g/mol. The maximum absolute atomic E-state index is 5.53. The average Bonchev–Trinajstić information content (AvgIpc) is 2.90. The number of nitrogens with zero attached hydrogens (tertiary/aromatic N) is 1. The molecule has 1 N–H and O–H groups in total. The van der Waals surface area contributed by atoms with E-state index in [-0.39, 0.29) is 0 Å². The van der Waals surface area contributed by atoms with Crippen molar-refractivity contribution in [3.8, 4) is 0 Å². The van der Waals surface area contributed by atoms with Crippen LogP contribution in [0.3, 0.4) is 0 Å². The molecule has 20 heavy (non-hydrogen) atoms. The van der Waals surface area contributed by atoms with Crippen LogP contribution in [0.1, 0.15) is 30.5 Å². The summed E-state index contributed by atoms with van der Waals surface area (Å²) in [6.07, 6.45) is 2.07. The van der Waals surface area contributed by atoms with Gasteiger partial charge in [0.1, 0.15) is 5.01 Å². The van der Waals surface area contributed by atoms with Crippen molar-refractivity contribution in [1.29, 1.82) is 0 Å². The molecule has 0 spiro atoms. The normalized spacial score (nSPS) is 11.1. The molecule has 0 saturated carbocycles. The summed E-state index contributed by atoms with van der Waals surface area (Å²) in [5.74, 6) is 0. The van der Waals surface area contributed by atoms with E-state index in [1.807, 2.05) is 0 Å². The van der Waals surface area contributed by atoms with E-state index in [1.54, 1.807) is 18.4 Å². The molecule has 0 aliphatic carbocycles. The Kier molecular flexibility index (Phi) is 10.7. The van der Waals surface area contributed by atoms with Crippen LogP contribution in [0.15, 0.2) is 5.38 Å². The van der Waals surface area contributed by atoms with Gasteiger partial charge in [-0.15, -0.1) is 11.3 Å². The molecular formula is C14H26N2O3S. The Labute approximate surface area is 125 Å². The Balaban J connectivity index is 1.99. The summed E-state index contributed by atoms with van der Waals surface area (Å²) >= 11 is 1.68. The predicted octanol–water partition coefficient (Wildman–Crippen LogP) is 2.21. The van der Waals surface area contributed by atoms with Gasteiger partial charge >= 0.3 is 0 Å². The summed E-state index contributed by atoms with van der Waals surface area (Å²) in [7, 11) is 1.70. The van der Waals surface area contributed by atoms with Crippen LogP contribution in [-0.2, 0) is 27.4 Å². The summed E-state index contributed by atoms with van der Waals surface area (Å²) in [6.45, 7) is 7.30. The smallest absolute Gasteiger partial charge is 0.107 e. The van der Waals surface area contributed by atoms with E-state index in [0.717, 1.165) is 49.8 Å². The Hall–Kier alpha value is -0.530. The number of nitrogens with one attached hydrogen (secondary N) is 1. The lowest BCUT2D eigenvalue weighted by Gasteiger charge is -2.04. The van der Waals surface area contributed by atoms with Crippen molar-refractivity contribution in [1.82, 2.24) is 10.3 Å². The largest absolute Gasteiger partial charge is 0.385 e. The van der Waals surface area contributed by atoms with Crippen molar-refractivity contribution in [3.63, 3.8) is 0 Å². The van der Waals surface area contributed by atoms with Crippen molar-refractivity contribution in [2.75, 3.05) is 40.1 Å². The summed E-state index contributed by atoms with van der Waals surface area (Å²) in [4.78, 5) is 4.51. The summed E-state index contributed by atoms with van der Waals surface area (Å²) in [5, 5.41) is 6.52. The number of methoxy groups -OCH3 is 1. The molecule has 1 aromatic heterocycles. The molecule has 1 heterocycles. The molecule has 0 aliphatic heterocycles. The summed E-state index contributed by atoms with van der Waals surface area (Å²) in [5.41, 5.74) is 1.00. The van der Waals surface area contributed by atoms with Gasteiger partial charge in [0.2, 0.25) is 0 Å². The Morgan fingerprint density at radius 3 is 2.85 bits per heavy atom. The zero-order valence-corrected chi connectivity index (χ0v) is 13.3. The van der Waals surface area contributed by atoms with E-state index in [1.165, 1.54) is 0 Å². The zero-order chi connectivity index (χ0) is 14.5. The molecule has 5 nitrogen and oxygen atoms in total. The van der Waals surface area contributed by atoms with Crippen LogP contribution in [0.25, 0.3) is 0 Å². The number of rotatable bonds is 13. The molecule has 0 aliphatic rings. The van der Waals surface area contributed by atoms with Crippen LogP contribution in [0, 0.1) is 0 Å². The van der Waals surface area contributed by atoms with Gasteiger partial charge in [0.05, 0.1) is 25.5 Å². The van der Waals surface area contributed by atoms with Crippen molar-refractivity contribution < 1.29 is 14.2 Å². The predicted molar refractivity (Wildman–Crippen MR) is 81.1 cm³/mol. The Bertz CT molecular complexity index is 334. The molecule has 6 heteroatoms. The second-order valence-corrected chi connectivity index (χ2v) is 5.36. The molecule has 0 saturated heterocycles. The fraction of sp³-hybridized carbons (Fsp3) is 0.786. The van der Waals surface area contributed by atoms with Gasteiger partial charge in [-0.1, -0.05) is 6.92 Å². The Morgan fingerprint density at radius 1 is 1.20 bits per heavy atom. The fourth-order valence-corrected chi connectivity index (χ4v) is 2.32. The number of hydrogen-bond acceptors (Lipinski definition) is 6. The fourth-order valence-electron chi connectivity index (χ4n) is 1.57. The number of hydrogen-bond donors (Lipinski definition) is 1. The first kappa shape index (κ1) is 17.5. The molecule has 1 rings (SSSR count). The number of ether oxygens (including phenoxy) is 3. The maximum Gasteiger partial charge on any atom is 0.107 e. The van der Waals surface area contributed by atoms with Crippen LogP contribution in [0.2, 0.25) is 0 Å². The van der Waals surface area contributed by atoms with Gasteiger partial charge in [0, 0.05) is 32.2 Å². The van der Waals surface area contributed by atoms with E-state index < -0.39 is 0 Å². The molecule has 116 valence electrons. The van der Waals surface area contributed by atoms with Crippen LogP contribution < -0.4 is 5.32 Å². The first-order valence-electron chi connectivity index (χ1n) is 7.15. The highest BCUT2D eigenvalue weighted by atomic mass is 32.1. The molecule has 0 fully saturated rings. The highest BCUT2D eigenvalue weighted by molar-refractivity contribution is 7.09. The van der Waals surface area contributed by atoms with Crippen molar-refractivity contribution in [2.24, 2.45) is 0 Å². The van der Waals surface area contributed by atoms with Crippen LogP contribution >= 0.6 is 11.3 Å². The van der Waals surface area contributed by atoms with Crippen LogP contribution in [0.4, 0.5) is 0 Å². The van der Waals surface area contributed by atoms with Gasteiger partial charge in [0.15, 0.2) is 0 Å². The molecule has 0 radical (unpaired) electrons. The molecule has 0 unspecified atom stereocenters. The first-order valence-corrected chi connectivity index (χ1v) is 8.03. The summed E-state index contributed by atoms with van der Waals surface area (Å²) in [6, 6.07) is 0. The molecule has 0 bridgehead atoms. The second-order valence-electron chi connectivity index (χ2n) is 4.42. The molecule has 0 atom stereocenters. The lowest BCUT2D eigenvalue weighted by Crippen LogP contribution is -2.13. The first-order chi connectivity index (χ1) is 9.86. The van der Waals surface area contributed by atoms with E-state index in [0.29, 0.717) is 19.8 Å². The number of thiazole rings is 1. The van der Waals surface area contributed by atoms with Crippen molar-refractivity contribution in [3.05, 3.63) is 16.1 Å². The minimum absolute atomic E-state index is 0.561.